The van der Waals surface area contributed by atoms with Crippen LogP contribution in [0.4, 0.5) is 0 Å². The molecule has 0 radical (unpaired) electrons. The van der Waals surface area contributed by atoms with Crippen molar-refractivity contribution in [2.75, 3.05) is 33.7 Å². The van der Waals surface area contributed by atoms with Crippen LogP contribution in [0.2, 0.25) is 0 Å². The molecule has 0 saturated heterocycles. The molecule has 3 rings (SSSR count). The van der Waals surface area contributed by atoms with Crippen molar-refractivity contribution in [2.45, 2.75) is 39.0 Å². The molecule has 0 spiro atoms. The zero-order valence-corrected chi connectivity index (χ0v) is 17.2. The van der Waals surface area contributed by atoms with Gasteiger partial charge in [0.25, 0.3) is 0 Å². The topological polar surface area (TPSA) is 74.0 Å². The molecule has 7 nitrogen and oxygen atoms in total. The van der Waals surface area contributed by atoms with Crippen molar-refractivity contribution in [1.29, 1.82) is 0 Å². The summed E-state index contributed by atoms with van der Waals surface area (Å²) in [7, 11) is 3.68. The van der Waals surface area contributed by atoms with E-state index in [0.717, 1.165) is 62.5 Å². The minimum absolute atomic E-state index is 0.203. The maximum atomic E-state index is 12.7. The van der Waals surface area contributed by atoms with Gasteiger partial charge >= 0.3 is 0 Å². The predicted molar refractivity (Wildman–Crippen MR) is 112 cm³/mol. The number of pyridine rings is 1. The van der Waals surface area contributed by atoms with Crippen LogP contribution in [0, 0.1) is 5.41 Å². The highest BCUT2D eigenvalue weighted by molar-refractivity contribution is 5.84. The summed E-state index contributed by atoms with van der Waals surface area (Å²) >= 11 is 0. The van der Waals surface area contributed by atoms with Crippen LogP contribution in [0.1, 0.15) is 38.3 Å². The minimum Gasteiger partial charge on any atom is -0.357 e. The third-order valence-electron chi connectivity index (χ3n) is 5.39. The number of carbonyl (C=O) groups is 1. The Labute approximate surface area is 167 Å². The van der Waals surface area contributed by atoms with Gasteiger partial charge in [0.15, 0.2) is 5.96 Å². The second-order valence-corrected chi connectivity index (χ2v) is 7.76. The van der Waals surface area contributed by atoms with E-state index in [-0.39, 0.29) is 11.3 Å². The molecule has 152 valence electrons. The van der Waals surface area contributed by atoms with Crippen molar-refractivity contribution in [3.63, 3.8) is 0 Å². The first-order valence-electron chi connectivity index (χ1n) is 10.2. The molecule has 0 bridgehead atoms. The molecule has 0 aromatic carbocycles. The van der Waals surface area contributed by atoms with Gasteiger partial charge in [-0.15, -0.1) is 0 Å². The largest absolute Gasteiger partial charge is 0.357 e. The normalized spacial score (nSPS) is 16.3. The monoisotopic (exact) mass is 384 g/mol. The van der Waals surface area contributed by atoms with E-state index in [4.69, 9.17) is 4.99 Å². The minimum atomic E-state index is -0.340. The molecule has 1 aliphatic rings. The number of nitrogens with zero attached hydrogens (tertiary/aromatic N) is 4. The second-order valence-electron chi connectivity index (χ2n) is 7.76. The van der Waals surface area contributed by atoms with E-state index in [9.17, 15) is 4.79 Å². The lowest BCUT2D eigenvalue weighted by Crippen LogP contribution is -2.43. The number of nitrogens with one attached hydrogen (secondary N) is 2. The Kier molecular flexibility index (Phi) is 6.54. The summed E-state index contributed by atoms with van der Waals surface area (Å²) in [5.41, 5.74) is 1.67. The van der Waals surface area contributed by atoms with Gasteiger partial charge < -0.3 is 19.9 Å². The number of amides is 1. The van der Waals surface area contributed by atoms with Gasteiger partial charge in [-0.2, -0.15) is 0 Å². The highest BCUT2D eigenvalue weighted by Gasteiger charge is 2.42. The van der Waals surface area contributed by atoms with E-state index in [1.807, 2.05) is 42.9 Å². The average Bonchev–Trinajstić information content (AvgIpc) is 3.32. The molecule has 0 atom stereocenters. The SMILES string of the molecule is CCNC(=NCC1(C(=O)N(C)C)CCCC1)NCCc1cn2ccccc2n1. The van der Waals surface area contributed by atoms with Crippen molar-refractivity contribution >= 4 is 17.5 Å². The number of hydrogen-bond donors (Lipinski definition) is 2. The summed E-state index contributed by atoms with van der Waals surface area (Å²) in [5, 5.41) is 6.68. The van der Waals surface area contributed by atoms with Crippen molar-refractivity contribution < 1.29 is 4.79 Å². The molecule has 0 aliphatic heterocycles. The number of carbonyl (C=O) groups excluding carboxylic acids is 1. The number of hydrogen-bond acceptors (Lipinski definition) is 3. The lowest BCUT2D eigenvalue weighted by Gasteiger charge is -2.29. The van der Waals surface area contributed by atoms with E-state index in [1.54, 1.807) is 4.90 Å². The zero-order valence-electron chi connectivity index (χ0n) is 17.2. The quantitative estimate of drug-likeness (QED) is 0.566. The summed E-state index contributed by atoms with van der Waals surface area (Å²) in [6, 6.07) is 6.00. The maximum Gasteiger partial charge on any atom is 0.230 e. The smallest absolute Gasteiger partial charge is 0.230 e. The van der Waals surface area contributed by atoms with Crippen LogP contribution in [0.15, 0.2) is 35.6 Å². The molecule has 0 unspecified atom stereocenters. The standard InChI is InChI=1S/C21H32N6O/c1-4-22-20(24-16-21(11-6-7-12-21)19(28)26(2)3)23-13-10-17-15-27-14-8-5-9-18(27)25-17/h5,8-9,14-15H,4,6-7,10-13,16H2,1-3H3,(H2,22,23,24). The fourth-order valence-corrected chi connectivity index (χ4v) is 3.95. The summed E-state index contributed by atoms with van der Waals surface area (Å²) < 4.78 is 2.03. The molecule has 28 heavy (non-hydrogen) atoms. The third kappa shape index (κ3) is 4.64. The van der Waals surface area contributed by atoms with Crippen LogP contribution in [0.3, 0.4) is 0 Å². The first kappa shape index (κ1) is 20.2. The lowest BCUT2D eigenvalue weighted by atomic mass is 9.85. The molecule has 1 aliphatic carbocycles. The summed E-state index contributed by atoms with van der Waals surface area (Å²) in [6.07, 6.45) is 8.94. The fourth-order valence-electron chi connectivity index (χ4n) is 3.95. The number of aromatic nitrogens is 2. The molecule has 1 amide bonds. The summed E-state index contributed by atoms with van der Waals surface area (Å²) in [4.78, 5) is 23.8. The van der Waals surface area contributed by atoms with Gasteiger partial charge in [0.1, 0.15) is 5.65 Å². The first-order valence-corrected chi connectivity index (χ1v) is 10.2. The van der Waals surface area contributed by atoms with Crippen molar-refractivity contribution in [3.8, 4) is 0 Å². The van der Waals surface area contributed by atoms with E-state index in [2.05, 4.69) is 28.7 Å². The van der Waals surface area contributed by atoms with Crippen molar-refractivity contribution in [1.82, 2.24) is 24.9 Å². The molecular formula is C21H32N6O. The van der Waals surface area contributed by atoms with E-state index in [0.29, 0.717) is 6.54 Å². The Balaban J connectivity index is 1.61. The number of aliphatic imine (C=N–C) groups is 1. The second kappa shape index (κ2) is 9.08. The summed E-state index contributed by atoms with van der Waals surface area (Å²) in [5.74, 6) is 0.971. The van der Waals surface area contributed by atoms with Gasteiger partial charge in [0.05, 0.1) is 17.7 Å². The Morgan fingerprint density at radius 1 is 1.29 bits per heavy atom. The van der Waals surface area contributed by atoms with Gasteiger partial charge in [-0.25, -0.2) is 4.98 Å². The van der Waals surface area contributed by atoms with Crippen molar-refractivity contribution in [2.24, 2.45) is 10.4 Å². The predicted octanol–water partition coefficient (Wildman–Crippen LogP) is 2.08. The number of rotatable bonds is 7. The zero-order chi connectivity index (χ0) is 20.0. The van der Waals surface area contributed by atoms with E-state index < -0.39 is 0 Å². The molecule has 2 aromatic heterocycles. The number of guanidine groups is 1. The van der Waals surface area contributed by atoms with Crippen molar-refractivity contribution in [3.05, 3.63) is 36.3 Å². The Hall–Kier alpha value is -2.57. The molecule has 1 saturated carbocycles. The number of imidazole rings is 1. The lowest BCUT2D eigenvalue weighted by molar-refractivity contribution is -0.138. The maximum absolute atomic E-state index is 12.7. The highest BCUT2D eigenvalue weighted by Crippen LogP contribution is 2.39. The Morgan fingerprint density at radius 2 is 2.07 bits per heavy atom. The van der Waals surface area contributed by atoms with E-state index in [1.165, 1.54) is 0 Å². The van der Waals surface area contributed by atoms with Crippen LogP contribution < -0.4 is 10.6 Å². The molecular weight excluding hydrogens is 352 g/mol. The van der Waals surface area contributed by atoms with Gasteiger partial charge in [-0.1, -0.05) is 18.9 Å². The highest BCUT2D eigenvalue weighted by atomic mass is 16.2. The van der Waals surface area contributed by atoms with Gasteiger partial charge in [0, 0.05) is 46.0 Å². The molecule has 2 heterocycles. The van der Waals surface area contributed by atoms with E-state index >= 15 is 0 Å². The molecule has 2 N–H and O–H groups in total. The van der Waals surface area contributed by atoms with Crippen LogP contribution >= 0.6 is 0 Å². The van der Waals surface area contributed by atoms with Crippen LogP contribution in [-0.4, -0.2) is 59.9 Å². The van der Waals surface area contributed by atoms with Gasteiger partial charge in [-0.3, -0.25) is 9.79 Å². The van der Waals surface area contributed by atoms with Crippen LogP contribution in [0.5, 0.6) is 0 Å². The summed E-state index contributed by atoms with van der Waals surface area (Å²) in [6.45, 7) is 4.11. The van der Waals surface area contributed by atoms with Crippen LogP contribution in [-0.2, 0) is 11.2 Å². The van der Waals surface area contributed by atoms with Gasteiger partial charge in [-0.05, 0) is 31.9 Å². The fraction of sp³-hybridized carbons (Fsp3) is 0.571. The Bertz CT molecular complexity index is 786. The molecule has 2 aromatic rings. The molecule has 7 heteroatoms. The average molecular weight is 385 g/mol. The van der Waals surface area contributed by atoms with Gasteiger partial charge in [0.2, 0.25) is 5.91 Å². The third-order valence-corrected chi connectivity index (χ3v) is 5.39. The molecule has 1 fully saturated rings. The van der Waals surface area contributed by atoms with Crippen LogP contribution in [0.25, 0.3) is 5.65 Å². The number of fused-ring (bicyclic) bond motifs is 1. The first-order chi connectivity index (χ1) is 13.5. The Morgan fingerprint density at radius 3 is 2.75 bits per heavy atom.